The van der Waals surface area contributed by atoms with Gasteiger partial charge in [0.05, 0.1) is 6.42 Å². The first-order valence-corrected chi connectivity index (χ1v) is 7.59. The molecule has 0 aromatic heterocycles. The molecule has 1 unspecified atom stereocenters. The lowest BCUT2D eigenvalue weighted by Gasteiger charge is -2.37. The number of carbonyl (C=O) groups is 2. The Morgan fingerprint density at radius 3 is 2.50 bits per heavy atom. The SMILES string of the molecule is CC(C)C1C(=O)NCCN1C(=O)Cc1ccc(OC(F)(F)F)cc1. The van der Waals surface area contributed by atoms with E-state index in [1.54, 1.807) is 0 Å². The normalized spacial score (nSPS) is 18.5. The number of halogens is 3. The first-order valence-electron chi connectivity index (χ1n) is 7.59. The highest BCUT2D eigenvalue weighted by molar-refractivity contribution is 5.89. The predicted molar refractivity (Wildman–Crippen MR) is 80.2 cm³/mol. The molecule has 0 radical (unpaired) electrons. The van der Waals surface area contributed by atoms with Gasteiger partial charge in [0.1, 0.15) is 11.8 Å². The Kier molecular flexibility index (Phi) is 5.36. The average molecular weight is 344 g/mol. The summed E-state index contributed by atoms with van der Waals surface area (Å²) in [6.45, 7) is 4.53. The maximum Gasteiger partial charge on any atom is 0.573 e. The molecule has 132 valence electrons. The van der Waals surface area contributed by atoms with Crippen LogP contribution in [0.15, 0.2) is 24.3 Å². The summed E-state index contributed by atoms with van der Waals surface area (Å²) in [7, 11) is 0. The summed E-state index contributed by atoms with van der Waals surface area (Å²) in [5.74, 6) is -0.778. The third-order valence-corrected chi connectivity index (χ3v) is 3.72. The van der Waals surface area contributed by atoms with Crippen molar-refractivity contribution in [1.82, 2.24) is 10.2 Å². The zero-order chi connectivity index (χ0) is 17.9. The second-order valence-electron chi connectivity index (χ2n) is 5.94. The van der Waals surface area contributed by atoms with Crippen molar-refractivity contribution in [2.45, 2.75) is 32.7 Å². The van der Waals surface area contributed by atoms with E-state index in [0.717, 1.165) is 0 Å². The second kappa shape index (κ2) is 7.11. The Bertz CT molecular complexity index is 600. The number of ether oxygens (including phenoxy) is 1. The van der Waals surface area contributed by atoms with Gasteiger partial charge in [-0.25, -0.2) is 0 Å². The van der Waals surface area contributed by atoms with Crippen LogP contribution in [0.2, 0.25) is 0 Å². The van der Waals surface area contributed by atoms with Crippen molar-refractivity contribution in [2.75, 3.05) is 13.1 Å². The van der Waals surface area contributed by atoms with E-state index in [1.807, 2.05) is 13.8 Å². The van der Waals surface area contributed by atoms with Gasteiger partial charge in [-0.15, -0.1) is 13.2 Å². The zero-order valence-electron chi connectivity index (χ0n) is 13.4. The van der Waals surface area contributed by atoms with Crippen LogP contribution in [0.5, 0.6) is 5.75 Å². The van der Waals surface area contributed by atoms with Crippen molar-refractivity contribution in [3.63, 3.8) is 0 Å². The maximum atomic E-state index is 12.5. The van der Waals surface area contributed by atoms with Crippen LogP contribution in [0.25, 0.3) is 0 Å². The average Bonchev–Trinajstić information content (AvgIpc) is 2.47. The van der Waals surface area contributed by atoms with Crippen molar-refractivity contribution < 1.29 is 27.5 Å². The van der Waals surface area contributed by atoms with Crippen molar-refractivity contribution in [2.24, 2.45) is 5.92 Å². The molecule has 5 nitrogen and oxygen atoms in total. The Balaban J connectivity index is 2.04. The number of alkyl halides is 3. The lowest BCUT2D eigenvalue weighted by Crippen LogP contribution is -2.59. The molecule has 1 aromatic carbocycles. The minimum atomic E-state index is -4.75. The molecule has 1 aliphatic rings. The molecule has 8 heteroatoms. The third kappa shape index (κ3) is 4.62. The molecule has 1 saturated heterocycles. The number of benzene rings is 1. The van der Waals surface area contributed by atoms with Crippen LogP contribution in [0.1, 0.15) is 19.4 Å². The van der Waals surface area contributed by atoms with Gasteiger partial charge in [0, 0.05) is 13.1 Å². The first kappa shape index (κ1) is 18.1. The monoisotopic (exact) mass is 344 g/mol. The second-order valence-corrected chi connectivity index (χ2v) is 5.94. The van der Waals surface area contributed by atoms with E-state index in [9.17, 15) is 22.8 Å². The Morgan fingerprint density at radius 2 is 1.96 bits per heavy atom. The smallest absolute Gasteiger partial charge is 0.406 e. The highest BCUT2D eigenvalue weighted by atomic mass is 19.4. The number of nitrogens with zero attached hydrogens (tertiary/aromatic N) is 1. The van der Waals surface area contributed by atoms with E-state index in [0.29, 0.717) is 18.7 Å². The molecule has 2 rings (SSSR count). The lowest BCUT2D eigenvalue weighted by atomic mass is 9.98. The van der Waals surface area contributed by atoms with Gasteiger partial charge in [0.15, 0.2) is 0 Å². The van der Waals surface area contributed by atoms with Gasteiger partial charge in [0.25, 0.3) is 0 Å². The molecule has 1 N–H and O–H groups in total. The van der Waals surface area contributed by atoms with E-state index in [4.69, 9.17) is 0 Å². The molecular formula is C16H19F3N2O3. The Morgan fingerprint density at radius 1 is 1.33 bits per heavy atom. The molecule has 0 aliphatic carbocycles. The number of rotatable bonds is 4. The standard InChI is InChI=1S/C16H19F3N2O3/c1-10(2)14-15(23)20-7-8-21(14)13(22)9-11-3-5-12(6-4-11)24-16(17,18)19/h3-6,10,14H,7-9H2,1-2H3,(H,20,23). The fraction of sp³-hybridized carbons (Fsp3) is 0.500. The molecule has 0 bridgehead atoms. The summed E-state index contributed by atoms with van der Waals surface area (Å²) < 4.78 is 40.2. The van der Waals surface area contributed by atoms with Crippen LogP contribution >= 0.6 is 0 Å². The van der Waals surface area contributed by atoms with Crippen molar-refractivity contribution >= 4 is 11.8 Å². The number of nitrogens with one attached hydrogen (secondary N) is 1. The summed E-state index contributed by atoms with van der Waals surface area (Å²) in [5.41, 5.74) is 0.558. The van der Waals surface area contributed by atoms with Gasteiger partial charge < -0.3 is 15.0 Å². The molecular weight excluding hydrogens is 325 g/mol. The molecule has 2 amide bonds. The Hall–Kier alpha value is -2.25. The summed E-state index contributed by atoms with van der Waals surface area (Å²) in [5, 5.41) is 2.74. The molecule has 24 heavy (non-hydrogen) atoms. The Labute approximate surface area is 137 Å². The lowest BCUT2D eigenvalue weighted by molar-refractivity contribution is -0.274. The van der Waals surface area contributed by atoms with Gasteiger partial charge in [0.2, 0.25) is 11.8 Å². The van der Waals surface area contributed by atoms with Gasteiger partial charge in [-0.2, -0.15) is 0 Å². The van der Waals surface area contributed by atoms with Gasteiger partial charge in [-0.3, -0.25) is 9.59 Å². The summed E-state index contributed by atoms with van der Waals surface area (Å²) in [6, 6.07) is 4.62. The van der Waals surface area contributed by atoms with Gasteiger partial charge in [-0.05, 0) is 23.6 Å². The van der Waals surface area contributed by atoms with E-state index in [1.165, 1.54) is 29.2 Å². The minimum absolute atomic E-state index is 0.0167. The first-order chi connectivity index (χ1) is 11.2. The van der Waals surface area contributed by atoms with Crippen LogP contribution in [0.3, 0.4) is 0 Å². The minimum Gasteiger partial charge on any atom is -0.406 e. The van der Waals surface area contributed by atoms with Crippen molar-refractivity contribution in [3.8, 4) is 5.75 Å². The van der Waals surface area contributed by atoms with Crippen LogP contribution < -0.4 is 10.1 Å². The quantitative estimate of drug-likeness (QED) is 0.910. The summed E-state index contributed by atoms with van der Waals surface area (Å²) in [6.07, 6.45) is -4.73. The van der Waals surface area contributed by atoms with Crippen LogP contribution in [-0.2, 0) is 16.0 Å². The van der Waals surface area contributed by atoms with Crippen LogP contribution in [-0.4, -0.2) is 42.2 Å². The third-order valence-electron chi connectivity index (χ3n) is 3.72. The molecule has 1 heterocycles. The number of hydrogen-bond donors (Lipinski definition) is 1. The molecule has 0 saturated carbocycles. The van der Waals surface area contributed by atoms with Crippen LogP contribution in [0, 0.1) is 5.92 Å². The topological polar surface area (TPSA) is 58.6 Å². The fourth-order valence-electron chi connectivity index (χ4n) is 2.71. The molecule has 1 fully saturated rings. The molecule has 1 aliphatic heterocycles. The van der Waals surface area contributed by atoms with E-state index < -0.39 is 12.4 Å². The highest BCUT2D eigenvalue weighted by Gasteiger charge is 2.35. The van der Waals surface area contributed by atoms with Crippen molar-refractivity contribution in [1.29, 1.82) is 0 Å². The molecule has 1 atom stereocenters. The summed E-state index contributed by atoms with van der Waals surface area (Å²) >= 11 is 0. The number of piperazine rings is 1. The van der Waals surface area contributed by atoms with E-state index in [2.05, 4.69) is 10.1 Å². The van der Waals surface area contributed by atoms with Crippen molar-refractivity contribution in [3.05, 3.63) is 29.8 Å². The fourth-order valence-corrected chi connectivity index (χ4v) is 2.71. The predicted octanol–water partition coefficient (Wildman–Crippen LogP) is 2.11. The van der Waals surface area contributed by atoms with E-state index in [-0.39, 0.29) is 29.9 Å². The van der Waals surface area contributed by atoms with Crippen LogP contribution in [0.4, 0.5) is 13.2 Å². The summed E-state index contributed by atoms with van der Waals surface area (Å²) in [4.78, 5) is 26.0. The zero-order valence-corrected chi connectivity index (χ0v) is 13.4. The number of hydrogen-bond acceptors (Lipinski definition) is 3. The van der Waals surface area contributed by atoms with Gasteiger partial charge in [-0.1, -0.05) is 26.0 Å². The molecule has 0 spiro atoms. The van der Waals surface area contributed by atoms with E-state index >= 15 is 0 Å². The number of carbonyl (C=O) groups excluding carboxylic acids is 2. The number of amides is 2. The largest absolute Gasteiger partial charge is 0.573 e. The molecule has 1 aromatic rings. The van der Waals surface area contributed by atoms with Gasteiger partial charge >= 0.3 is 6.36 Å². The maximum absolute atomic E-state index is 12.5. The highest BCUT2D eigenvalue weighted by Crippen LogP contribution is 2.23.